The summed E-state index contributed by atoms with van der Waals surface area (Å²) >= 11 is 0. The molecule has 2 aromatic rings. The third-order valence-corrected chi connectivity index (χ3v) is 2.30. The summed E-state index contributed by atoms with van der Waals surface area (Å²) in [5.41, 5.74) is 1.46. The van der Waals surface area contributed by atoms with Crippen molar-refractivity contribution in [2.75, 3.05) is 5.32 Å². The highest BCUT2D eigenvalue weighted by Gasteiger charge is 2.10. The number of aromatic nitrogens is 1. The Labute approximate surface area is 98.1 Å². The SMILES string of the molecule is Cc1cc(NCc2ccco2)c(C(=O)O)cn1. The lowest BCUT2D eigenvalue weighted by molar-refractivity contribution is 0.0697. The van der Waals surface area contributed by atoms with E-state index in [4.69, 9.17) is 9.52 Å². The van der Waals surface area contributed by atoms with Crippen LogP contribution < -0.4 is 5.32 Å². The molecule has 0 aliphatic heterocycles. The summed E-state index contributed by atoms with van der Waals surface area (Å²) in [7, 11) is 0. The molecular weight excluding hydrogens is 220 g/mol. The van der Waals surface area contributed by atoms with Gasteiger partial charge in [-0.25, -0.2) is 4.79 Å². The van der Waals surface area contributed by atoms with Gasteiger partial charge in [-0.1, -0.05) is 0 Å². The van der Waals surface area contributed by atoms with Gasteiger partial charge in [-0.15, -0.1) is 0 Å². The van der Waals surface area contributed by atoms with Crippen molar-refractivity contribution in [2.45, 2.75) is 13.5 Å². The highest BCUT2D eigenvalue weighted by Crippen LogP contribution is 2.16. The fourth-order valence-electron chi connectivity index (χ4n) is 1.47. The smallest absolute Gasteiger partial charge is 0.339 e. The van der Waals surface area contributed by atoms with Gasteiger partial charge in [0, 0.05) is 11.9 Å². The van der Waals surface area contributed by atoms with Crippen LogP contribution in [0.2, 0.25) is 0 Å². The lowest BCUT2D eigenvalue weighted by Crippen LogP contribution is -2.07. The zero-order valence-electron chi connectivity index (χ0n) is 9.30. The summed E-state index contributed by atoms with van der Waals surface area (Å²) < 4.78 is 5.16. The number of anilines is 1. The topological polar surface area (TPSA) is 75.4 Å². The first-order valence-electron chi connectivity index (χ1n) is 5.13. The molecule has 2 aromatic heterocycles. The van der Waals surface area contributed by atoms with Gasteiger partial charge in [0.15, 0.2) is 0 Å². The molecule has 0 saturated heterocycles. The quantitative estimate of drug-likeness (QED) is 0.845. The number of pyridine rings is 1. The lowest BCUT2D eigenvalue weighted by Gasteiger charge is -2.08. The maximum absolute atomic E-state index is 11.0. The number of hydrogen-bond donors (Lipinski definition) is 2. The molecule has 88 valence electrons. The van der Waals surface area contributed by atoms with E-state index >= 15 is 0 Å². The van der Waals surface area contributed by atoms with Gasteiger partial charge in [0.05, 0.1) is 18.5 Å². The Kier molecular flexibility index (Phi) is 3.09. The van der Waals surface area contributed by atoms with Gasteiger partial charge in [0.25, 0.3) is 0 Å². The van der Waals surface area contributed by atoms with Crippen molar-refractivity contribution < 1.29 is 14.3 Å². The Morgan fingerprint density at radius 1 is 1.59 bits per heavy atom. The number of aromatic carboxylic acids is 1. The second-order valence-corrected chi connectivity index (χ2v) is 3.61. The van der Waals surface area contributed by atoms with Crippen LogP contribution in [0.4, 0.5) is 5.69 Å². The first-order valence-corrected chi connectivity index (χ1v) is 5.13. The van der Waals surface area contributed by atoms with E-state index in [0.717, 1.165) is 11.5 Å². The van der Waals surface area contributed by atoms with E-state index in [9.17, 15) is 4.79 Å². The average Bonchev–Trinajstić information content (AvgIpc) is 2.78. The summed E-state index contributed by atoms with van der Waals surface area (Å²) in [6.45, 7) is 2.25. The van der Waals surface area contributed by atoms with Crippen LogP contribution in [0, 0.1) is 6.92 Å². The van der Waals surface area contributed by atoms with Crippen molar-refractivity contribution in [3.63, 3.8) is 0 Å². The molecular formula is C12H12N2O3. The van der Waals surface area contributed by atoms with Gasteiger partial charge in [0.2, 0.25) is 0 Å². The number of hydrogen-bond acceptors (Lipinski definition) is 4. The second-order valence-electron chi connectivity index (χ2n) is 3.61. The van der Waals surface area contributed by atoms with Gasteiger partial charge in [-0.3, -0.25) is 4.98 Å². The number of rotatable bonds is 4. The van der Waals surface area contributed by atoms with Gasteiger partial charge in [-0.05, 0) is 25.1 Å². The third kappa shape index (κ3) is 2.63. The first kappa shape index (κ1) is 11.2. The standard InChI is InChI=1S/C12H12N2O3/c1-8-5-11(10(7-13-8)12(15)16)14-6-9-3-2-4-17-9/h2-5,7H,6H2,1H3,(H,13,14)(H,15,16). The van der Waals surface area contributed by atoms with E-state index in [1.807, 2.05) is 13.0 Å². The largest absolute Gasteiger partial charge is 0.478 e. The molecule has 2 heterocycles. The highest BCUT2D eigenvalue weighted by molar-refractivity contribution is 5.93. The van der Waals surface area contributed by atoms with Gasteiger partial charge in [-0.2, -0.15) is 0 Å². The second kappa shape index (κ2) is 4.69. The summed E-state index contributed by atoms with van der Waals surface area (Å²) in [6.07, 6.45) is 2.93. The minimum atomic E-state index is -1.00. The zero-order chi connectivity index (χ0) is 12.3. The molecule has 0 aliphatic rings. The molecule has 0 bridgehead atoms. The van der Waals surface area contributed by atoms with Gasteiger partial charge in [0.1, 0.15) is 11.3 Å². The number of carboxylic acids is 1. The number of furan rings is 1. The van der Waals surface area contributed by atoms with Gasteiger partial charge >= 0.3 is 5.97 Å². The molecule has 0 saturated carbocycles. The van der Waals surface area contributed by atoms with Crippen LogP contribution >= 0.6 is 0 Å². The van der Waals surface area contributed by atoms with Crippen molar-refractivity contribution in [1.29, 1.82) is 0 Å². The van der Waals surface area contributed by atoms with Crippen molar-refractivity contribution >= 4 is 11.7 Å². The number of carbonyl (C=O) groups is 1. The molecule has 0 fully saturated rings. The minimum absolute atomic E-state index is 0.155. The molecule has 5 nitrogen and oxygen atoms in total. The fourth-order valence-corrected chi connectivity index (χ4v) is 1.47. The van der Waals surface area contributed by atoms with Crippen LogP contribution in [0.3, 0.4) is 0 Å². The van der Waals surface area contributed by atoms with Crippen LogP contribution in [0.1, 0.15) is 21.8 Å². The van der Waals surface area contributed by atoms with Crippen molar-refractivity contribution in [2.24, 2.45) is 0 Å². The van der Waals surface area contributed by atoms with E-state index in [1.165, 1.54) is 6.20 Å². The van der Waals surface area contributed by atoms with E-state index in [2.05, 4.69) is 10.3 Å². The summed E-state index contributed by atoms with van der Waals surface area (Å²) in [6, 6.07) is 5.31. The normalized spacial score (nSPS) is 10.2. The molecule has 0 spiro atoms. The number of carboxylic acid groups (broad SMARTS) is 1. The highest BCUT2D eigenvalue weighted by atomic mass is 16.4. The minimum Gasteiger partial charge on any atom is -0.478 e. The predicted octanol–water partition coefficient (Wildman–Crippen LogP) is 2.29. The molecule has 0 radical (unpaired) electrons. The van der Waals surface area contributed by atoms with Crippen LogP contribution in [0.15, 0.2) is 35.1 Å². The predicted molar refractivity (Wildman–Crippen MR) is 62.0 cm³/mol. The molecule has 5 heteroatoms. The maximum Gasteiger partial charge on any atom is 0.339 e. The van der Waals surface area contributed by atoms with Crippen LogP contribution in [0.5, 0.6) is 0 Å². The van der Waals surface area contributed by atoms with Crippen molar-refractivity contribution in [1.82, 2.24) is 4.98 Å². The lowest BCUT2D eigenvalue weighted by atomic mass is 10.2. The van der Waals surface area contributed by atoms with Crippen LogP contribution in [-0.4, -0.2) is 16.1 Å². The Hall–Kier alpha value is -2.30. The summed E-state index contributed by atoms with van der Waals surface area (Å²) in [5, 5.41) is 12.0. The maximum atomic E-state index is 11.0. The van der Waals surface area contributed by atoms with E-state index in [0.29, 0.717) is 12.2 Å². The molecule has 2 N–H and O–H groups in total. The average molecular weight is 232 g/mol. The molecule has 0 atom stereocenters. The Morgan fingerprint density at radius 3 is 3.06 bits per heavy atom. The van der Waals surface area contributed by atoms with E-state index < -0.39 is 5.97 Å². The number of nitrogens with zero attached hydrogens (tertiary/aromatic N) is 1. The van der Waals surface area contributed by atoms with Crippen LogP contribution in [-0.2, 0) is 6.54 Å². The van der Waals surface area contributed by atoms with E-state index in [1.54, 1.807) is 18.4 Å². The number of nitrogens with one attached hydrogen (secondary N) is 1. The molecule has 0 aromatic carbocycles. The third-order valence-electron chi connectivity index (χ3n) is 2.30. The van der Waals surface area contributed by atoms with Crippen LogP contribution in [0.25, 0.3) is 0 Å². The first-order chi connectivity index (χ1) is 8.16. The fraction of sp³-hybridized carbons (Fsp3) is 0.167. The Bertz CT molecular complexity index is 521. The zero-order valence-corrected chi connectivity index (χ0v) is 9.30. The van der Waals surface area contributed by atoms with Gasteiger partial charge < -0.3 is 14.8 Å². The molecule has 17 heavy (non-hydrogen) atoms. The molecule has 0 aliphatic carbocycles. The monoisotopic (exact) mass is 232 g/mol. The van der Waals surface area contributed by atoms with Crippen molar-refractivity contribution in [3.8, 4) is 0 Å². The summed E-state index contributed by atoms with van der Waals surface area (Å²) in [5.74, 6) is -0.254. The van der Waals surface area contributed by atoms with Crippen molar-refractivity contribution in [3.05, 3.63) is 47.7 Å². The van der Waals surface area contributed by atoms with E-state index in [-0.39, 0.29) is 5.56 Å². The Morgan fingerprint density at radius 2 is 2.41 bits per heavy atom. The Balaban J connectivity index is 2.19. The molecule has 0 amide bonds. The molecule has 2 rings (SSSR count). The summed E-state index contributed by atoms with van der Waals surface area (Å²) in [4.78, 5) is 15.0. The molecule has 0 unspecified atom stereocenters. The number of aryl methyl sites for hydroxylation is 1.